The Kier molecular flexibility index (Phi) is 4.88. The van der Waals surface area contributed by atoms with E-state index in [1.54, 1.807) is 4.90 Å². The highest BCUT2D eigenvalue weighted by Crippen LogP contribution is 2.33. The lowest BCUT2D eigenvalue weighted by atomic mass is 9.95. The van der Waals surface area contributed by atoms with Crippen molar-refractivity contribution < 1.29 is 4.79 Å². The van der Waals surface area contributed by atoms with Crippen molar-refractivity contribution in [3.8, 4) is 0 Å². The quantitative estimate of drug-likeness (QED) is 0.899. The molecule has 1 aliphatic rings. The molecule has 2 atom stereocenters. The first-order valence-corrected chi connectivity index (χ1v) is 8.13. The molecule has 2 unspecified atom stereocenters. The molecule has 0 bridgehead atoms. The highest BCUT2D eigenvalue weighted by Gasteiger charge is 2.29. The second-order valence-electron chi connectivity index (χ2n) is 5.12. The van der Waals surface area contributed by atoms with Gasteiger partial charge in [0.15, 0.2) is 0 Å². The number of anilines is 1. The number of rotatable bonds is 5. The van der Waals surface area contributed by atoms with Crippen molar-refractivity contribution in [2.75, 3.05) is 24.0 Å². The molecule has 0 radical (unpaired) electrons. The van der Waals surface area contributed by atoms with E-state index in [9.17, 15) is 4.79 Å². The van der Waals surface area contributed by atoms with Crippen LogP contribution >= 0.6 is 11.8 Å². The second-order valence-corrected chi connectivity index (χ2v) is 6.10. The van der Waals surface area contributed by atoms with Gasteiger partial charge < -0.3 is 10.2 Å². The summed E-state index contributed by atoms with van der Waals surface area (Å²) in [6.45, 7) is 2.20. The SMILES string of the molecule is CSCCC(C)NC1CC(=O)N(C)c2ccccc21. The van der Waals surface area contributed by atoms with E-state index in [-0.39, 0.29) is 11.9 Å². The number of carbonyl (C=O) groups is 1. The molecule has 0 fully saturated rings. The number of nitrogens with zero attached hydrogens (tertiary/aromatic N) is 1. The molecule has 1 aliphatic heterocycles. The highest BCUT2D eigenvalue weighted by molar-refractivity contribution is 7.98. The maximum atomic E-state index is 12.0. The third-order valence-corrected chi connectivity index (χ3v) is 4.31. The summed E-state index contributed by atoms with van der Waals surface area (Å²) in [6, 6.07) is 8.76. The third kappa shape index (κ3) is 3.31. The molecule has 0 aliphatic carbocycles. The zero-order valence-corrected chi connectivity index (χ0v) is 12.7. The summed E-state index contributed by atoms with van der Waals surface area (Å²) < 4.78 is 0. The molecule has 0 saturated carbocycles. The predicted molar refractivity (Wildman–Crippen MR) is 82.8 cm³/mol. The molecule has 0 aromatic heterocycles. The van der Waals surface area contributed by atoms with Crippen molar-refractivity contribution in [3.05, 3.63) is 29.8 Å². The maximum absolute atomic E-state index is 12.0. The fraction of sp³-hybridized carbons (Fsp3) is 0.533. The monoisotopic (exact) mass is 278 g/mol. The first-order chi connectivity index (χ1) is 9.13. The smallest absolute Gasteiger partial charge is 0.228 e. The van der Waals surface area contributed by atoms with Gasteiger partial charge in [0, 0.05) is 31.2 Å². The average Bonchev–Trinajstić information content (AvgIpc) is 2.42. The molecule has 0 spiro atoms. The van der Waals surface area contributed by atoms with Crippen molar-refractivity contribution in [1.29, 1.82) is 0 Å². The summed E-state index contributed by atoms with van der Waals surface area (Å²) in [5.74, 6) is 1.34. The summed E-state index contributed by atoms with van der Waals surface area (Å²) in [5, 5.41) is 3.60. The molecule has 19 heavy (non-hydrogen) atoms. The van der Waals surface area contributed by atoms with Crippen LogP contribution in [-0.2, 0) is 4.79 Å². The van der Waals surface area contributed by atoms with Crippen molar-refractivity contribution in [1.82, 2.24) is 5.32 Å². The van der Waals surface area contributed by atoms with Gasteiger partial charge in [-0.1, -0.05) is 18.2 Å². The van der Waals surface area contributed by atoms with E-state index in [0.29, 0.717) is 12.5 Å². The summed E-state index contributed by atoms with van der Waals surface area (Å²) in [5.41, 5.74) is 2.27. The van der Waals surface area contributed by atoms with E-state index >= 15 is 0 Å². The molecule has 3 nitrogen and oxygen atoms in total. The number of carbonyl (C=O) groups excluding carboxylic acids is 1. The molecular weight excluding hydrogens is 256 g/mol. The van der Waals surface area contributed by atoms with Gasteiger partial charge in [-0.15, -0.1) is 0 Å². The zero-order chi connectivity index (χ0) is 13.8. The van der Waals surface area contributed by atoms with Crippen molar-refractivity contribution in [2.24, 2.45) is 0 Å². The number of hydrogen-bond donors (Lipinski definition) is 1. The van der Waals surface area contributed by atoms with Crippen molar-refractivity contribution >= 4 is 23.4 Å². The number of benzene rings is 1. The van der Waals surface area contributed by atoms with Crippen LogP contribution in [0.1, 0.15) is 31.4 Å². The Bertz CT molecular complexity index is 450. The largest absolute Gasteiger partial charge is 0.315 e. The van der Waals surface area contributed by atoms with Gasteiger partial charge in [-0.2, -0.15) is 11.8 Å². The van der Waals surface area contributed by atoms with Crippen LogP contribution in [0.15, 0.2) is 24.3 Å². The fourth-order valence-electron chi connectivity index (χ4n) is 2.51. The first kappa shape index (κ1) is 14.4. The van der Waals surface area contributed by atoms with Gasteiger partial charge in [0.25, 0.3) is 0 Å². The molecule has 4 heteroatoms. The van der Waals surface area contributed by atoms with E-state index in [2.05, 4.69) is 24.6 Å². The molecule has 0 saturated heterocycles. The molecule has 2 rings (SSSR count). The third-order valence-electron chi connectivity index (χ3n) is 3.67. The Hall–Kier alpha value is -1.00. The molecule has 1 aromatic rings. The van der Waals surface area contributed by atoms with Crippen LogP contribution in [0.2, 0.25) is 0 Å². The Morgan fingerprint density at radius 3 is 2.95 bits per heavy atom. The first-order valence-electron chi connectivity index (χ1n) is 6.74. The van der Waals surface area contributed by atoms with Crippen LogP contribution in [0.3, 0.4) is 0 Å². The summed E-state index contributed by atoms with van der Waals surface area (Å²) in [7, 11) is 1.86. The van der Waals surface area contributed by atoms with Gasteiger partial charge in [-0.3, -0.25) is 4.79 Å². The number of hydrogen-bond acceptors (Lipinski definition) is 3. The lowest BCUT2D eigenvalue weighted by molar-refractivity contribution is -0.119. The van der Waals surface area contributed by atoms with Gasteiger partial charge >= 0.3 is 0 Å². The minimum absolute atomic E-state index is 0.150. The molecule has 1 amide bonds. The lowest BCUT2D eigenvalue weighted by Crippen LogP contribution is -2.40. The van der Waals surface area contributed by atoms with Gasteiger partial charge in [0.1, 0.15) is 0 Å². The number of nitrogens with one attached hydrogen (secondary N) is 1. The van der Waals surface area contributed by atoms with E-state index in [1.807, 2.05) is 37.0 Å². The number of amides is 1. The minimum Gasteiger partial charge on any atom is -0.315 e. The summed E-state index contributed by atoms with van der Waals surface area (Å²) in [4.78, 5) is 13.8. The zero-order valence-electron chi connectivity index (χ0n) is 11.8. The summed E-state index contributed by atoms with van der Waals surface area (Å²) in [6.07, 6.45) is 3.81. The Morgan fingerprint density at radius 1 is 1.47 bits per heavy atom. The van der Waals surface area contributed by atoms with Gasteiger partial charge in [0.05, 0.1) is 0 Å². The van der Waals surface area contributed by atoms with Crippen LogP contribution in [-0.4, -0.2) is 31.0 Å². The highest BCUT2D eigenvalue weighted by atomic mass is 32.2. The molecule has 1 heterocycles. The van der Waals surface area contributed by atoms with Gasteiger partial charge in [-0.05, 0) is 37.0 Å². The average molecular weight is 278 g/mol. The second kappa shape index (κ2) is 6.44. The van der Waals surface area contributed by atoms with E-state index in [1.165, 1.54) is 5.56 Å². The van der Waals surface area contributed by atoms with Crippen LogP contribution in [0, 0.1) is 0 Å². The maximum Gasteiger partial charge on any atom is 0.228 e. The topological polar surface area (TPSA) is 32.3 Å². The van der Waals surface area contributed by atoms with Crippen LogP contribution < -0.4 is 10.2 Å². The van der Waals surface area contributed by atoms with E-state index in [0.717, 1.165) is 17.9 Å². The molecule has 1 aromatic carbocycles. The fourth-order valence-corrected chi connectivity index (χ4v) is 3.10. The Balaban J connectivity index is 2.13. The number of para-hydroxylation sites is 1. The minimum atomic E-state index is 0.150. The molecular formula is C15H22N2OS. The Morgan fingerprint density at radius 2 is 2.21 bits per heavy atom. The van der Waals surface area contributed by atoms with Gasteiger partial charge in [-0.25, -0.2) is 0 Å². The standard InChI is InChI=1S/C15H22N2OS/c1-11(8-9-19-3)16-13-10-15(18)17(2)14-7-5-4-6-12(13)14/h4-7,11,13,16H,8-10H2,1-3H3. The van der Waals surface area contributed by atoms with Crippen LogP contribution in [0.5, 0.6) is 0 Å². The number of fused-ring (bicyclic) bond motifs is 1. The van der Waals surface area contributed by atoms with E-state index in [4.69, 9.17) is 0 Å². The van der Waals surface area contributed by atoms with Crippen LogP contribution in [0.25, 0.3) is 0 Å². The van der Waals surface area contributed by atoms with E-state index < -0.39 is 0 Å². The lowest BCUT2D eigenvalue weighted by Gasteiger charge is -2.33. The molecule has 1 N–H and O–H groups in total. The summed E-state index contributed by atoms with van der Waals surface area (Å²) >= 11 is 1.86. The van der Waals surface area contributed by atoms with Crippen LogP contribution in [0.4, 0.5) is 5.69 Å². The molecule has 104 valence electrons. The number of thioether (sulfide) groups is 1. The normalized spacial score (nSPS) is 20.3. The van der Waals surface area contributed by atoms with Gasteiger partial charge in [0.2, 0.25) is 5.91 Å². The van der Waals surface area contributed by atoms with Crippen molar-refractivity contribution in [2.45, 2.75) is 31.8 Å². The Labute approximate surface area is 119 Å². The predicted octanol–water partition coefficient (Wildman–Crippen LogP) is 2.83. The van der Waals surface area contributed by atoms with Crippen molar-refractivity contribution in [3.63, 3.8) is 0 Å².